The molecule has 2 rings (SSSR count). The molecular formula is C15H24N2O2S. The lowest BCUT2D eigenvalue weighted by Gasteiger charge is -2.42. The maximum Gasteiger partial charge on any atom is 0.180 e. The predicted molar refractivity (Wildman–Crippen MR) is 82.8 cm³/mol. The van der Waals surface area contributed by atoms with Crippen molar-refractivity contribution in [1.29, 1.82) is 0 Å². The Hall–Kier alpha value is -1.07. The number of para-hydroxylation sites is 1. The van der Waals surface area contributed by atoms with Crippen molar-refractivity contribution in [2.24, 2.45) is 5.73 Å². The molecule has 1 fully saturated rings. The number of rotatable bonds is 4. The van der Waals surface area contributed by atoms with E-state index in [9.17, 15) is 8.42 Å². The van der Waals surface area contributed by atoms with Gasteiger partial charge in [-0.3, -0.25) is 0 Å². The summed E-state index contributed by atoms with van der Waals surface area (Å²) < 4.78 is 24.6. The van der Waals surface area contributed by atoms with E-state index in [2.05, 4.69) is 11.8 Å². The SMILES string of the molecule is CCS(=O)(=O)c1ccccc1N1C(C)CCCC1CN. The molecule has 2 atom stereocenters. The summed E-state index contributed by atoms with van der Waals surface area (Å²) in [6.45, 7) is 4.40. The summed E-state index contributed by atoms with van der Waals surface area (Å²) in [5.74, 6) is 0.125. The highest BCUT2D eigenvalue weighted by molar-refractivity contribution is 7.91. The van der Waals surface area contributed by atoms with Crippen molar-refractivity contribution in [3.8, 4) is 0 Å². The highest BCUT2D eigenvalue weighted by atomic mass is 32.2. The first-order valence-electron chi connectivity index (χ1n) is 7.31. The standard InChI is InChI=1S/C15H24N2O2S/c1-3-20(18,19)15-10-5-4-9-14(15)17-12(2)7-6-8-13(17)11-16/h4-5,9-10,12-13H,3,6-8,11,16H2,1-2H3. The molecule has 2 unspecified atom stereocenters. The van der Waals surface area contributed by atoms with E-state index in [1.807, 2.05) is 12.1 Å². The Labute approximate surface area is 121 Å². The van der Waals surface area contributed by atoms with E-state index in [0.717, 1.165) is 24.9 Å². The molecular weight excluding hydrogens is 272 g/mol. The zero-order valence-electron chi connectivity index (χ0n) is 12.2. The van der Waals surface area contributed by atoms with Gasteiger partial charge in [0.1, 0.15) is 0 Å². The Morgan fingerprint density at radius 2 is 2.00 bits per heavy atom. The van der Waals surface area contributed by atoms with Crippen LogP contribution in [0.3, 0.4) is 0 Å². The first kappa shape index (κ1) is 15.3. The van der Waals surface area contributed by atoms with Gasteiger partial charge in [-0.05, 0) is 38.3 Å². The van der Waals surface area contributed by atoms with Crippen molar-refractivity contribution in [2.45, 2.75) is 50.1 Å². The van der Waals surface area contributed by atoms with E-state index < -0.39 is 9.84 Å². The summed E-state index contributed by atoms with van der Waals surface area (Å²) in [5.41, 5.74) is 6.71. The Morgan fingerprint density at radius 3 is 2.65 bits per heavy atom. The van der Waals surface area contributed by atoms with Gasteiger partial charge in [-0.2, -0.15) is 0 Å². The van der Waals surface area contributed by atoms with Crippen LogP contribution in [0.5, 0.6) is 0 Å². The number of hydrogen-bond acceptors (Lipinski definition) is 4. The fourth-order valence-electron chi connectivity index (χ4n) is 3.04. The van der Waals surface area contributed by atoms with Crippen molar-refractivity contribution < 1.29 is 8.42 Å². The fourth-order valence-corrected chi connectivity index (χ4v) is 4.13. The number of hydrogen-bond donors (Lipinski definition) is 1. The van der Waals surface area contributed by atoms with Crippen LogP contribution in [0.4, 0.5) is 5.69 Å². The molecule has 112 valence electrons. The van der Waals surface area contributed by atoms with Crippen LogP contribution in [0, 0.1) is 0 Å². The summed E-state index contributed by atoms with van der Waals surface area (Å²) in [4.78, 5) is 2.65. The highest BCUT2D eigenvalue weighted by Gasteiger charge is 2.30. The molecule has 1 saturated heterocycles. The number of sulfone groups is 1. The van der Waals surface area contributed by atoms with Gasteiger partial charge in [-0.15, -0.1) is 0 Å². The van der Waals surface area contributed by atoms with Crippen molar-refractivity contribution in [3.05, 3.63) is 24.3 Å². The second-order valence-electron chi connectivity index (χ2n) is 5.45. The minimum absolute atomic E-state index is 0.125. The van der Waals surface area contributed by atoms with Gasteiger partial charge < -0.3 is 10.6 Å². The van der Waals surface area contributed by atoms with E-state index in [4.69, 9.17) is 5.73 Å². The maximum atomic E-state index is 12.3. The quantitative estimate of drug-likeness (QED) is 0.925. The Bertz CT molecular complexity index is 557. The van der Waals surface area contributed by atoms with Crippen LogP contribution in [0.1, 0.15) is 33.1 Å². The molecule has 1 aromatic carbocycles. The third-order valence-corrected chi connectivity index (χ3v) is 5.93. The van der Waals surface area contributed by atoms with Crippen LogP contribution >= 0.6 is 0 Å². The van der Waals surface area contributed by atoms with Crippen LogP contribution in [0.2, 0.25) is 0 Å². The summed E-state index contributed by atoms with van der Waals surface area (Å²) in [5, 5.41) is 0. The first-order valence-corrected chi connectivity index (χ1v) is 8.96. The van der Waals surface area contributed by atoms with Crippen LogP contribution in [0.25, 0.3) is 0 Å². The molecule has 0 amide bonds. The molecule has 0 bridgehead atoms. The van der Waals surface area contributed by atoms with E-state index in [-0.39, 0.29) is 11.8 Å². The number of nitrogens with zero attached hydrogens (tertiary/aromatic N) is 1. The van der Waals surface area contributed by atoms with Crippen LogP contribution in [-0.2, 0) is 9.84 Å². The molecule has 1 aliphatic heterocycles. The molecule has 0 aliphatic carbocycles. The first-order chi connectivity index (χ1) is 9.51. The summed E-state index contributed by atoms with van der Waals surface area (Å²) in [6, 6.07) is 7.87. The van der Waals surface area contributed by atoms with Gasteiger partial charge in [0.15, 0.2) is 9.84 Å². The second kappa shape index (κ2) is 6.14. The summed E-state index contributed by atoms with van der Waals surface area (Å²) in [6.07, 6.45) is 3.26. The fraction of sp³-hybridized carbons (Fsp3) is 0.600. The van der Waals surface area contributed by atoms with E-state index >= 15 is 0 Å². The summed E-state index contributed by atoms with van der Waals surface area (Å²) >= 11 is 0. The molecule has 1 aliphatic rings. The average Bonchev–Trinajstić information content (AvgIpc) is 2.47. The topological polar surface area (TPSA) is 63.4 Å². The van der Waals surface area contributed by atoms with Crippen molar-refractivity contribution in [3.63, 3.8) is 0 Å². The Balaban J connectivity index is 2.51. The van der Waals surface area contributed by atoms with E-state index in [1.165, 1.54) is 0 Å². The van der Waals surface area contributed by atoms with Crippen LogP contribution in [0.15, 0.2) is 29.2 Å². The zero-order chi connectivity index (χ0) is 14.8. The average molecular weight is 296 g/mol. The van der Waals surface area contributed by atoms with Gasteiger partial charge in [0.05, 0.1) is 16.3 Å². The monoisotopic (exact) mass is 296 g/mol. The van der Waals surface area contributed by atoms with E-state index in [1.54, 1.807) is 19.1 Å². The largest absolute Gasteiger partial charge is 0.364 e. The lowest BCUT2D eigenvalue weighted by atomic mass is 9.95. The molecule has 20 heavy (non-hydrogen) atoms. The molecule has 5 heteroatoms. The van der Waals surface area contributed by atoms with E-state index in [0.29, 0.717) is 17.5 Å². The molecule has 0 aromatic heterocycles. The van der Waals surface area contributed by atoms with Crippen molar-refractivity contribution in [1.82, 2.24) is 0 Å². The number of nitrogens with two attached hydrogens (primary N) is 1. The number of benzene rings is 1. The predicted octanol–water partition coefficient (Wildman–Crippen LogP) is 2.19. The van der Waals surface area contributed by atoms with Crippen molar-refractivity contribution in [2.75, 3.05) is 17.2 Å². The molecule has 4 nitrogen and oxygen atoms in total. The van der Waals surface area contributed by atoms with Crippen molar-refractivity contribution >= 4 is 15.5 Å². The Kier molecular flexibility index (Phi) is 4.70. The van der Waals surface area contributed by atoms with Crippen LogP contribution in [-0.4, -0.2) is 32.8 Å². The lowest BCUT2D eigenvalue weighted by molar-refractivity contribution is 0.398. The maximum absolute atomic E-state index is 12.3. The molecule has 1 aromatic rings. The minimum Gasteiger partial charge on any atom is -0.364 e. The molecule has 0 radical (unpaired) electrons. The molecule has 2 N–H and O–H groups in total. The lowest BCUT2D eigenvalue weighted by Crippen LogP contribution is -2.49. The van der Waals surface area contributed by atoms with Crippen LogP contribution < -0.4 is 10.6 Å². The molecule has 0 spiro atoms. The third kappa shape index (κ3) is 2.83. The molecule has 1 heterocycles. The van der Waals surface area contributed by atoms with Gasteiger partial charge in [0.25, 0.3) is 0 Å². The third-order valence-electron chi connectivity index (χ3n) is 4.16. The van der Waals surface area contributed by atoms with Gasteiger partial charge in [-0.25, -0.2) is 8.42 Å². The van der Waals surface area contributed by atoms with Gasteiger partial charge >= 0.3 is 0 Å². The number of anilines is 1. The van der Waals surface area contributed by atoms with Gasteiger partial charge in [-0.1, -0.05) is 19.1 Å². The second-order valence-corrected chi connectivity index (χ2v) is 7.69. The zero-order valence-corrected chi connectivity index (χ0v) is 13.1. The van der Waals surface area contributed by atoms with Gasteiger partial charge in [0, 0.05) is 18.6 Å². The molecule has 0 saturated carbocycles. The smallest absolute Gasteiger partial charge is 0.180 e. The Morgan fingerprint density at radius 1 is 1.30 bits per heavy atom. The summed E-state index contributed by atoms with van der Waals surface area (Å²) in [7, 11) is -3.22. The van der Waals surface area contributed by atoms with Gasteiger partial charge in [0.2, 0.25) is 0 Å². The minimum atomic E-state index is -3.22. The highest BCUT2D eigenvalue weighted by Crippen LogP contribution is 2.33. The normalized spacial score (nSPS) is 23.9. The number of piperidine rings is 1.